The molecule has 0 heterocycles. The molecule has 2 N–H and O–H groups in total. The number of hydrogen-bond acceptors (Lipinski definition) is 3. The van der Waals surface area contributed by atoms with Gasteiger partial charge in [0.2, 0.25) is 5.91 Å². The number of rotatable bonds is 6. The van der Waals surface area contributed by atoms with Crippen LogP contribution in [0.4, 0.5) is 13.2 Å². The van der Waals surface area contributed by atoms with E-state index < -0.39 is 36.9 Å². The lowest BCUT2D eigenvalue weighted by molar-refractivity contribution is -0.146. The van der Waals surface area contributed by atoms with Gasteiger partial charge in [-0.1, -0.05) is 0 Å². The van der Waals surface area contributed by atoms with Crippen LogP contribution in [0.2, 0.25) is 0 Å². The largest absolute Gasteiger partial charge is 0.481 e. The van der Waals surface area contributed by atoms with Gasteiger partial charge in [0.15, 0.2) is 0 Å². The first kappa shape index (κ1) is 14.7. The number of halogens is 3. The number of aliphatic carboxylic acids is 1. The molecular weight excluding hydrogens is 231 g/mol. The number of carbonyl (C=O) groups excluding carboxylic acids is 1. The standard InChI is InChI=1S/C8H12F3NO4/c1-16-3-5(2-6(13)14)7(15)12-4-8(9,10)11/h5H,2-4H2,1H3,(H,12,15)(H,13,14). The van der Waals surface area contributed by atoms with Crippen LogP contribution in [0.1, 0.15) is 6.42 Å². The minimum Gasteiger partial charge on any atom is -0.481 e. The number of carboxylic acids is 1. The van der Waals surface area contributed by atoms with Crippen molar-refractivity contribution in [3.63, 3.8) is 0 Å². The Kier molecular flexibility index (Phi) is 5.79. The summed E-state index contributed by atoms with van der Waals surface area (Å²) in [5, 5.41) is 10.0. The van der Waals surface area contributed by atoms with E-state index in [1.807, 2.05) is 0 Å². The topological polar surface area (TPSA) is 75.6 Å². The number of carbonyl (C=O) groups is 2. The highest BCUT2D eigenvalue weighted by Gasteiger charge is 2.30. The number of nitrogens with one attached hydrogen (secondary N) is 1. The maximum Gasteiger partial charge on any atom is 0.405 e. The zero-order valence-electron chi connectivity index (χ0n) is 8.50. The summed E-state index contributed by atoms with van der Waals surface area (Å²) in [5.74, 6) is -3.38. The maximum absolute atomic E-state index is 11.8. The van der Waals surface area contributed by atoms with Gasteiger partial charge < -0.3 is 15.2 Å². The highest BCUT2D eigenvalue weighted by molar-refractivity contribution is 5.83. The van der Waals surface area contributed by atoms with Crippen LogP contribution >= 0.6 is 0 Å². The average molecular weight is 243 g/mol. The van der Waals surface area contributed by atoms with Crippen molar-refractivity contribution in [3.05, 3.63) is 0 Å². The van der Waals surface area contributed by atoms with Crippen molar-refractivity contribution in [2.24, 2.45) is 5.92 Å². The van der Waals surface area contributed by atoms with Gasteiger partial charge in [-0.25, -0.2) is 0 Å². The number of hydrogen-bond donors (Lipinski definition) is 2. The summed E-state index contributed by atoms with van der Waals surface area (Å²) >= 11 is 0. The van der Waals surface area contributed by atoms with E-state index in [-0.39, 0.29) is 6.61 Å². The van der Waals surface area contributed by atoms with Crippen molar-refractivity contribution in [1.82, 2.24) is 5.32 Å². The Bertz CT molecular complexity index is 254. The molecule has 5 nitrogen and oxygen atoms in total. The van der Waals surface area contributed by atoms with E-state index in [0.717, 1.165) is 0 Å². The fourth-order valence-electron chi connectivity index (χ4n) is 0.971. The summed E-state index contributed by atoms with van der Waals surface area (Å²) in [5.41, 5.74) is 0. The van der Waals surface area contributed by atoms with Crippen molar-refractivity contribution in [3.8, 4) is 0 Å². The van der Waals surface area contributed by atoms with Gasteiger partial charge in [-0.05, 0) is 0 Å². The lowest BCUT2D eigenvalue weighted by atomic mass is 10.1. The van der Waals surface area contributed by atoms with Gasteiger partial charge in [0.25, 0.3) is 0 Å². The molecule has 1 amide bonds. The summed E-state index contributed by atoms with van der Waals surface area (Å²) in [4.78, 5) is 21.5. The van der Waals surface area contributed by atoms with Crippen LogP contribution in [0.25, 0.3) is 0 Å². The molecule has 0 saturated carbocycles. The van der Waals surface area contributed by atoms with E-state index in [4.69, 9.17) is 5.11 Å². The predicted octanol–water partition coefficient (Wildman–Crippen LogP) is 0.402. The van der Waals surface area contributed by atoms with E-state index >= 15 is 0 Å². The Hall–Kier alpha value is -1.31. The van der Waals surface area contributed by atoms with Crippen LogP contribution in [0, 0.1) is 5.92 Å². The van der Waals surface area contributed by atoms with Crippen LogP contribution in [0.5, 0.6) is 0 Å². The molecule has 8 heteroatoms. The minimum absolute atomic E-state index is 0.240. The second-order valence-corrected chi connectivity index (χ2v) is 3.08. The van der Waals surface area contributed by atoms with Gasteiger partial charge in [-0.2, -0.15) is 13.2 Å². The van der Waals surface area contributed by atoms with Crippen LogP contribution in [-0.2, 0) is 14.3 Å². The number of methoxy groups -OCH3 is 1. The van der Waals surface area contributed by atoms with Crippen molar-refractivity contribution < 1.29 is 32.6 Å². The SMILES string of the molecule is COCC(CC(=O)O)C(=O)NCC(F)(F)F. The van der Waals surface area contributed by atoms with Gasteiger partial charge in [0.05, 0.1) is 18.9 Å². The molecule has 0 rings (SSSR count). The van der Waals surface area contributed by atoms with Gasteiger partial charge >= 0.3 is 12.1 Å². The Labute approximate surface area is 89.6 Å². The number of amides is 1. The summed E-state index contributed by atoms with van der Waals surface area (Å²) in [7, 11) is 1.23. The van der Waals surface area contributed by atoms with Crippen LogP contribution < -0.4 is 5.32 Å². The van der Waals surface area contributed by atoms with Crippen molar-refractivity contribution >= 4 is 11.9 Å². The molecule has 0 fully saturated rings. The summed E-state index contributed by atoms with van der Waals surface area (Å²) in [6.45, 7) is -1.72. The molecule has 0 aliphatic rings. The molecule has 0 spiro atoms. The van der Waals surface area contributed by atoms with Crippen molar-refractivity contribution in [2.75, 3.05) is 20.3 Å². The maximum atomic E-state index is 11.8. The van der Waals surface area contributed by atoms with E-state index in [1.54, 1.807) is 5.32 Å². The number of ether oxygens (including phenoxy) is 1. The fraction of sp³-hybridized carbons (Fsp3) is 0.750. The summed E-state index contributed by atoms with van der Waals surface area (Å²) < 4.78 is 39.8. The lowest BCUT2D eigenvalue weighted by Crippen LogP contribution is -2.39. The number of carboxylic acid groups (broad SMARTS) is 1. The van der Waals surface area contributed by atoms with Gasteiger partial charge in [-0.3, -0.25) is 9.59 Å². The Morgan fingerprint density at radius 1 is 1.44 bits per heavy atom. The first-order valence-electron chi connectivity index (χ1n) is 4.31. The second-order valence-electron chi connectivity index (χ2n) is 3.08. The third-order valence-corrected chi connectivity index (χ3v) is 1.62. The van der Waals surface area contributed by atoms with E-state index in [2.05, 4.69) is 4.74 Å². The molecule has 1 atom stereocenters. The molecule has 94 valence electrons. The molecule has 0 radical (unpaired) electrons. The summed E-state index contributed by atoms with van der Waals surface area (Å²) in [6, 6.07) is 0. The third kappa shape index (κ3) is 7.04. The monoisotopic (exact) mass is 243 g/mol. The smallest absolute Gasteiger partial charge is 0.405 e. The van der Waals surface area contributed by atoms with Crippen molar-refractivity contribution in [2.45, 2.75) is 12.6 Å². The highest BCUT2D eigenvalue weighted by atomic mass is 19.4. The minimum atomic E-state index is -4.52. The Morgan fingerprint density at radius 2 is 2.00 bits per heavy atom. The van der Waals surface area contributed by atoms with Gasteiger partial charge in [0.1, 0.15) is 6.54 Å². The molecule has 0 aliphatic carbocycles. The van der Waals surface area contributed by atoms with Crippen LogP contribution in [0.3, 0.4) is 0 Å². The molecule has 16 heavy (non-hydrogen) atoms. The number of alkyl halides is 3. The van der Waals surface area contributed by atoms with Crippen LogP contribution in [-0.4, -0.2) is 43.4 Å². The van der Waals surface area contributed by atoms with Crippen molar-refractivity contribution in [1.29, 1.82) is 0 Å². The van der Waals surface area contributed by atoms with E-state index in [9.17, 15) is 22.8 Å². The molecule has 0 aliphatic heterocycles. The van der Waals surface area contributed by atoms with Gasteiger partial charge in [-0.15, -0.1) is 0 Å². The normalized spacial score (nSPS) is 13.2. The van der Waals surface area contributed by atoms with Gasteiger partial charge in [0, 0.05) is 7.11 Å². The van der Waals surface area contributed by atoms with Crippen LogP contribution in [0.15, 0.2) is 0 Å². The molecule has 1 unspecified atom stereocenters. The zero-order chi connectivity index (χ0) is 12.8. The third-order valence-electron chi connectivity index (χ3n) is 1.62. The first-order chi connectivity index (χ1) is 7.26. The molecule has 0 aromatic carbocycles. The molecule has 0 bridgehead atoms. The van der Waals surface area contributed by atoms with E-state index in [1.165, 1.54) is 7.11 Å². The molecule has 0 saturated heterocycles. The quantitative estimate of drug-likeness (QED) is 0.708. The molecule has 0 aromatic heterocycles. The first-order valence-corrected chi connectivity index (χ1v) is 4.31. The average Bonchev–Trinajstić information content (AvgIpc) is 2.11. The second kappa shape index (κ2) is 6.31. The Balaban J connectivity index is 4.22. The summed E-state index contributed by atoms with van der Waals surface area (Å²) in [6.07, 6.45) is -5.09. The lowest BCUT2D eigenvalue weighted by Gasteiger charge is -2.14. The molecule has 0 aromatic rings. The Morgan fingerprint density at radius 3 is 2.38 bits per heavy atom. The highest BCUT2D eigenvalue weighted by Crippen LogP contribution is 2.13. The molecular formula is C8H12F3NO4. The zero-order valence-corrected chi connectivity index (χ0v) is 8.50. The predicted molar refractivity (Wildman–Crippen MR) is 46.7 cm³/mol. The van der Waals surface area contributed by atoms with E-state index in [0.29, 0.717) is 0 Å². The fourth-order valence-corrected chi connectivity index (χ4v) is 0.971.